The maximum Gasteiger partial charge on any atom is 0.147 e. The topological polar surface area (TPSA) is 47.3 Å². The van der Waals surface area contributed by atoms with E-state index in [1.54, 1.807) is 12.1 Å². The van der Waals surface area contributed by atoms with Crippen molar-refractivity contribution in [1.29, 1.82) is 5.26 Å². The van der Waals surface area contributed by atoms with E-state index in [1.165, 1.54) is 6.07 Å². The van der Waals surface area contributed by atoms with E-state index in [-0.39, 0.29) is 12.6 Å². The summed E-state index contributed by atoms with van der Waals surface area (Å²) in [5.41, 5.74) is 0.796. The number of rotatable bonds is 5. The van der Waals surface area contributed by atoms with Gasteiger partial charge in [-0.3, -0.25) is 0 Å². The summed E-state index contributed by atoms with van der Waals surface area (Å²) in [6, 6.07) is 6.51. The molecule has 0 amide bonds. The Balaban J connectivity index is 2.98. The fourth-order valence-corrected chi connectivity index (χ4v) is 1.71. The predicted molar refractivity (Wildman–Crippen MR) is 65.3 cm³/mol. The number of nitrogens with zero attached hydrogens (tertiary/aromatic N) is 2. The maximum absolute atomic E-state index is 13.8. The van der Waals surface area contributed by atoms with Gasteiger partial charge >= 0.3 is 0 Å². The summed E-state index contributed by atoms with van der Waals surface area (Å²) in [6.07, 6.45) is 0.595. The molecule has 17 heavy (non-hydrogen) atoms. The maximum atomic E-state index is 13.8. The second-order valence-corrected chi connectivity index (χ2v) is 4.14. The lowest BCUT2D eigenvalue weighted by atomic mass is 10.1. The number of benzene rings is 1. The van der Waals surface area contributed by atoms with Gasteiger partial charge in [0.05, 0.1) is 17.3 Å². The fourth-order valence-electron chi connectivity index (χ4n) is 1.71. The van der Waals surface area contributed by atoms with Gasteiger partial charge in [-0.1, -0.05) is 0 Å². The molecule has 1 N–H and O–H groups in total. The molecule has 0 atom stereocenters. The number of aliphatic hydroxyl groups is 1. The summed E-state index contributed by atoms with van der Waals surface area (Å²) in [6.45, 7) is 4.61. The van der Waals surface area contributed by atoms with Gasteiger partial charge in [-0.2, -0.15) is 5.26 Å². The van der Waals surface area contributed by atoms with Crippen molar-refractivity contribution in [3.8, 4) is 6.07 Å². The molecule has 0 aliphatic carbocycles. The lowest BCUT2D eigenvalue weighted by Crippen LogP contribution is -2.32. The lowest BCUT2D eigenvalue weighted by Gasteiger charge is -2.29. The summed E-state index contributed by atoms with van der Waals surface area (Å²) < 4.78 is 13.8. The van der Waals surface area contributed by atoms with E-state index in [0.29, 0.717) is 24.2 Å². The molecule has 0 radical (unpaired) electrons. The number of hydrogen-bond donors (Lipinski definition) is 1. The summed E-state index contributed by atoms with van der Waals surface area (Å²) in [4.78, 5) is 1.88. The van der Waals surface area contributed by atoms with Crippen LogP contribution in [0.3, 0.4) is 0 Å². The van der Waals surface area contributed by atoms with Crippen LogP contribution < -0.4 is 4.90 Å². The van der Waals surface area contributed by atoms with Crippen LogP contribution in [0.25, 0.3) is 0 Å². The van der Waals surface area contributed by atoms with E-state index < -0.39 is 5.82 Å². The van der Waals surface area contributed by atoms with Gasteiger partial charge in [0.2, 0.25) is 0 Å². The molecule has 0 spiro atoms. The minimum absolute atomic E-state index is 0.0844. The predicted octanol–water partition coefficient (Wildman–Crippen LogP) is 2.29. The molecule has 0 fully saturated rings. The first-order chi connectivity index (χ1) is 8.10. The van der Waals surface area contributed by atoms with Gasteiger partial charge in [-0.25, -0.2) is 4.39 Å². The van der Waals surface area contributed by atoms with Gasteiger partial charge in [-0.15, -0.1) is 0 Å². The van der Waals surface area contributed by atoms with E-state index >= 15 is 0 Å². The molecule has 92 valence electrons. The summed E-state index contributed by atoms with van der Waals surface area (Å²) in [5, 5.41) is 17.5. The smallest absolute Gasteiger partial charge is 0.147 e. The first-order valence-electron chi connectivity index (χ1n) is 5.67. The number of nitriles is 1. The molecule has 4 heteroatoms. The molecule has 0 bridgehead atoms. The van der Waals surface area contributed by atoms with E-state index in [9.17, 15) is 4.39 Å². The Bertz CT molecular complexity index is 412. The zero-order valence-electron chi connectivity index (χ0n) is 10.2. The van der Waals surface area contributed by atoms with E-state index in [4.69, 9.17) is 10.4 Å². The third-order valence-electron chi connectivity index (χ3n) is 2.57. The lowest BCUT2D eigenvalue weighted by molar-refractivity contribution is 0.288. The van der Waals surface area contributed by atoms with Crippen molar-refractivity contribution in [1.82, 2.24) is 0 Å². The number of halogens is 1. The molecule has 1 aromatic carbocycles. The average Bonchev–Trinajstić information content (AvgIpc) is 2.30. The summed E-state index contributed by atoms with van der Waals surface area (Å²) in [5.74, 6) is -0.393. The standard InChI is InChI=1S/C13H17FN2O/c1-10(2)16(6-3-7-17)13-5-4-11(9-15)8-12(13)14/h4-5,8,10,17H,3,6-7H2,1-2H3. The molecule has 0 aliphatic heterocycles. The van der Waals surface area contributed by atoms with Crippen LogP contribution in [-0.2, 0) is 0 Å². The Morgan fingerprint density at radius 2 is 2.18 bits per heavy atom. The Hall–Kier alpha value is -1.60. The molecule has 1 aromatic rings. The van der Waals surface area contributed by atoms with Crippen LogP contribution in [0.15, 0.2) is 18.2 Å². The molecule has 0 aromatic heterocycles. The molecular weight excluding hydrogens is 219 g/mol. The molecule has 0 unspecified atom stereocenters. The Kier molecular flexibility index (Phi) is 4.92. The molecular formula is C13H17FN2O. The first kappa shape index (κ1) is 13.5. The van der Waals surface area contributed by atoms with Crippen molar-refractivity contribution >= 4 is 5.69 Å². The average molecular weight is 236 g/mol. The minimum atomic E-state index is -0.393. The largest absolute Gasteiger partial charge is 0.396 e. The molecule has 0 heterocycles. The second kappa shape index (κ2) is 6.21. The van der Waals surface area contributed by atoms with Crippen LogP contribution in [0.5, 0.6) is 0 Å². The molecule has 3 nitrogen and oxygen atoms in total. The molecule has 1 rings (SSSR count). The van der Waals surface area contributed by atoms with Crippen molar-refractivity contribution in [3.63, 3.8) is 0 Å². The second-order valence-electron chi connectivity index (χ2n) is 4.14. The highest BCUT2D eigenvalue weighted by Gasteiger charge is 2.14. The van der Waals surface area contributed by atoms with Crippen molar-refractivity contribution in [2.24, 2.45) is 0 Å². The quantitative estimate of drug-likeness (QED) is 0.853. The van der Waals surface area contributed by atoms with Gasteiger partial charge in [0.1, 0.15) is 5.82 Å². The normalized spacial score (nSPS) is 10.4. The monoisotopic (exact) mass is 236 g/mol. The van der Waals surface area contributed by atoms with Gasteiger partial charge < -0.3 is 10.0 Å². The minimum Gasteiger partial charge on any atom is -0.396 e. The van der Waals surface area contributed by atoms with Crippen molar-refractivity contribution < 1.29 is 9.50 Å². The SMILES string of the molecule is CC(C)N(CCCO)c1ccc(C#N)cc1F. The highest BCUT2D eigenvalue weighted by atomic mass is 19.1. The third-order valence-corrected chi connectivity index (χ3v) is 2.57. The highest BCUT2D eigenvalue weighted by Crippen LogP contribution is 2.22. The zero-order valence-corrected chi connectivity index (χ0v) is 10.2. The van der Waals surface area contributed by atoms with Gasteiger partial charge in [0.25, 0.3) is 0 Å². The van der Waals surface area contributed by atoms with Gasteiger partial charge in [-0.05, 0) is 38.5 Å². The van der Waals surface area contributed by atoms with E-state index in [2.05, 4.69) is 0 Å². The number of anilines is 1. The molecule has 0 saturated heterocycles. The molecule has 0 saturated carbocycles. The van der Waals surface area contributed by atoms with Gasteiger partial charge in [0.15, 0.2) is 0 Å². The van der Waals surface area contributed by atoms with Crippen molar-refractivity contribution in [2.75, 3.05) is 18.1 Å². The Labute approximate surface area is 101 Å². The zero-order chi connectivity index (χ0) is 12.8. The first-order valence-corrected chi connectivity index (χ1v) is 5.67. The Morgan fingerprint density at radius 1 is 1.47 bits per heavy atom. The highest BCUT2D eigenvalue weighted by molar-refractivity contribution is 5.51. The van der Waals surface area contributed by atoms with Crippen molar-refractivity contribution in [3.05, 3.63) is 29.6 Å². The van der Waals surface area contributed by atoms with E-state index in [0.717, 1.165) is 0 Å². The van der Waals surface area contributed by atoms with Gasteiger partial charge in [0, 0.05) is 19.2 Å². The van der Waals surface area contributed by atoms with Crippen LogP contribution in [-0.4, -0.2) is 24.3 Å². The van der Waals surface area contributed by atoms with Crippen LogP contribution in [0.1, 0.15) is 25.8 Å². The third kappa shape index (κ3) is 3.43. The van der Waals surface area contributed by atoms with Crippen LogP contribution in [0.4, 0.5) is 10.1 Å². The Morgan fingerprint density at radius 3 is 2.65 bits per heavy atom. The summed E-state index contributed by atoms with van der Waals surface area (Å²) >= 11 is 0. The van der Waals surface area contributed by atoms with Crippen LogP contribution >= 0.6 is 0 Å². The summed E-state index contributed by atoms with van der Waals surface area (Å²) in [7, 11) is 0. The number of hydrogen-bond acceptors (Lipinski definition) is 3. The van der Waals surface area contributed by atoms with E-state index in [1.807, 2.05) is 24.8 Å². The molecule has 0 aliphatic rings. The van der Waals surface area contributed by atoms with Crippen LogP contribution in [0.2, 0.25) is 0 Å². The number of aliphatic hydroxyl groups excluding tert-OH is 1. The van der Waals surface area contributed by atoms with Crippen LogP contribution in [0, 0.1) is 17.1 Å². The fraction of sp³-hybridized carbons (Fsp3) is 0.462. The van der Waals surface area contributed by atoms with Crippen molar-refractivity contribution in [2.45, 2.75) is 26.3 Å².